The van der Waals surface area contributed by atoms with Crippen molar-refractivity contribution in [2.75, 3.05) is 6.54 Å². The number of carbonyl (C=O) groups excluding carboxylic acids is 1. The summed E-state index contributed by atoms with van der Waals surface area (Å²) >= 11 is 0. The van der Waals surface area contributed by atoms with Gasteiger partial charge in [-0.2, -0.15) is 0 Å². The number of hydrogen-bond donors (Lipinski definition) is 0. The fraction of sp³-hybridized carbons (Fsp3) is 0.381. The molecule has 1 atom stereocenters. The van der Waals surface area contributed by atoms with Crippen LogP contribution in [0.1, 0.15) is 40.6 Å². The van der Waals surface area contributed by atoms with E-state index in [-0.39, 0.29) is 7.34 Å². The van der Waals surface area contributed by atoms with E-state index >= 15 is 0 Å². The monoisotopic (exact) mass is 310 g/mol. The van der Waals surface area contributed by atoms with Crippen LogP contribution in [0.3, 0.4) is 0 Å². The second-order valence-electron chi connectivity index (χ2n) is 6.61. The molecule has 122 valence electrons. The molecule has 0 aliphatic heterocycles. The summed E-state index contributed by atoms with van der Waals surface area (Å²) in [6.07, 6.45) is 1.08. The Labute approximate surface area is 141 Å². The van der Waals surface area contributed by atoms with Crippen LogP contribution in [0.2, 0.25) is 0 Å². The summed E-state index contributed by atoms with van der Waals surface area (Å²) in [5.41, 5.74) is 3.47. The van der Waals surface area contributed by atoms with Gasteiger partial charge in [-0.3, -0.25) is 4.90 Å². The van der Waals surface area contributed by atoms with E-state index < -0.39 is 0 Å². The van der Waals surface area contributed by atoms with Gasteiger partial charge in [-0.1, -0.05) is 54.6 Å². The minimum atomic E-state index is -0.0791. The van der Waals surface area contributed by atoms with Gasteiger partial charge in [-0.15, -0.1) is 0 Å². The minimum Gasteiger partial charge on any atom is -0.303 e. The molecule has 0 saturated heterocycles. The number of rotatable bonds is 7. The highest BCUT2D eigenvalue weighted by Crippen LogP contribution is 2.23. The predicted molar refractivity (Wildman–Crippen MR) is 98.8 cm³/mol. The first-order valence-electron chi connectivity index (χ1n) is 8.39. The van der Waals surface area contributed by atoms with Gasteiger partial charge >= 0.3 is 1.43 Å². The van der Waals surface area contributed by atoms with Gasteiger partial charge in [0.1, 0.15) is 6.29 Å². The molecule has 0 N–H and O–H groups in total. The topological polar surface area (TPSA) is 20.3 Å². The summed E-state index contributed by atoms with van der Waals surface area (Å²) in [5, 5.41) is 0. The third-order valence-corrected chi connectivity index (χ3v) is 4.34. The van der Waals surface area contributed by atoms with E-state index in [9.17, 15) is 4.79 Å². The van der Waals surface area contributed by atoms with Gasteiger partial charge in [0.25, 0.3) is 0 Å². The minimum absolute atomic E-state index is 0. The highest BCUT2D eigenvalue weighted by molar-refractivity contribution is 5.67. The smallest absolute Gasteiger partial charge is 0.303 e. The molecule has 0 heterocycles. The lowest BCUT2D eigenvalue weighted by atomic mass is 9.96. The van der Waals surface area contributed by atoms with Crippen LogP contribution < -0.4 is 0 Å². The molecule has 0 fully saturated rings. The quantitative estimate of drug-likeness (QED) is 0.680. The van der Waals surface area contributed by atoms with E-state index in [2.05, 4.69) is 69.0 Å². The molecule has 0 amide bonds. The largest absolute Gasteiger partial charge is 1.00 e. The molecule has 0 aliphatic rings. The Morgan fingerprint density at radius 1 is 0.870 bits per heavy atom. The predicted octanol–water partition coefficient (Wildman–Crippen LogP) is 4.87. The van der Waals surface area contributed by atoms with Crippen molar-refractivity contribution in [2.24, 2.45) is 0 Å². The maximum atomic E-state index is 11.6. The van der Waals surface area contributed by atoms with Gasteiger partial charge < -0.3 is 4.79 Å². The first-order valence-corrected chi connectivity index (χ1v) is 8.39. The van der Waals surface area contributed by atoms with Crippen molar-refractivity contribution in [2.45, 2.75) is 45.7 Å². The van der Waals surface area contributed by atoms with Crippen molar-refractivity contribution < 1.29 is 6.22 Å². The molecule has 0 bridgehead atoms. The summed E-state index contributed by atoms with van der Waals surface area (Å²) in [6.45, 7) is 9.49. The van der Waals surface area contributed by atoms with Crippen LogP contribution in [-0.2, 0) is 4.79 Å². The van der Waals surface area contributed by atoms with Gasteiger partial charge in [-0.05, 0) is 44.4 Å². The third kappa shape index (κ3) is 4.52. The fourth-order valence-corrected chi connectivity index (χ4v) is 3.03. The van der Waals surface area contributed by atoms with Gasteiger partial charge in [0.15, 0.2) is 0 Å². The van der Waals surface area contributed by atoms with E-state index in [0.29, 0.717) is 12.1 Å². The molecule has 2 aromatic carbocycles. The van der Waals surface area contributed by atoms with E-state index in [1.807, 2.05) is 18.2 Å². The Hall–Kier alpha value is -1.93. The van der Waals surface area contributed by atoms with Crippen molar-refractivity contribution in [3.63, 3.8) is 0 Å². The van der Waals surface area contributed by atoms with Crippen LogP contribution in [0.4, 0.5) is 0 Å². The Kier molecular flexibility index (Phi) is 6.12. The van der Waals surface area contributed by atoms with Crippen LogP contribution in [0.25, 0.3) is 11.1 Å². The van der Waals surface area contributed by atoms with Crippen LogP contribution in [0.5, 0.6) is 0 Å². The van der Waals surface area contributed by atoms with Crippen molar-refractivity contribution in [3.05, 3.63) is 60.2 Å². The van der Waals surface area contributed by atoms with E-state index in [1.54, 1.807) is 0 Å². The normalized spacial score (nSPS) is 12.8. The van der Waals surface area contributed by atoms with Crippen molar-refractivity contribution in [3.8, 4) is 11.1 Å². The van der Waals surface area contributed by atoms with Crippen molar-refractivity contribution in [1.29, 1.82) is 0 Å². The molecule has 1 unspecified atom stereocenters. The Morgan fingerprint density at radius 2 is 1.39 bits per heavy atom. The molecule has 2 rings (SSSR count). The first-order chi connectivity index (χ1) is 11.0. The van der Waals surface area contributed by atoms with Crippen LogP contribution >= 0.6 is 0 Å². The maximum absolute atomic E-state index is 11.6. The molecule has 23 heavy (non-hydrogen) atoms. The second kappa shape index (κ2) is 8.07. The second-order valence-corrected chi connectivity index (χ2v) is 6.61. The van der Waals surface area contributed by atoms with Crippen LogP contribution in [-0.4, -0.2) is 29.8 Å². The zero-order valence-electron chi connectivity index (χ0n) is 15.6. The van der Waals surface area contributed by atoms with Gasteiger partial charge in [0.2, 0.25) is 0 Å². The number of hydrogen-bond acceptors (Lipinski definition) is 2. The number of benzene rings is 2. The molecule has 0 spiro atoms. The standard InChI is InChI=1S/C21H27NO/c1-16(2)22(17(3)4)14-21(15-23)20-12-10-19(11-13-20)18-8-6-5-7-9-18/h5-13,15-17,21H,14H2,1-4H3/p+1. The highest BCUT2D eigenvalue weighted by atomic mass is 16.1. The summed E-state index contributed by atoms with van der Waals surface area (Å²) in [7, 11) is 0. The molecule has 2 heteroatoms. The Bertz CT molecular complexity index is 599. The van der Waals surface area contributed by atoms with Crippen molar-refractivity contribution in [1.82, 2.24) is 4.90 Å². The third-order valence-electron chi connectivity index (χ3n) is 4.34. The number of carbonyl (C=O) groups is 1. The molecule has 0 aliphatic carbocycles. The first kappa shape index (κ1) is 17.4. The van der Waals surface area contributed by atoms with Crippen LogP contribution in [0, 0.1) is 0 Å². The summed E-state index contributed by atoms with van der Waals surface area (Å²) < 4.78 is 0. The SMILES string of the molecule is CC(C)N(CC(C=O)c1ccc(-c2ccccc2)cc1)C(C)C.[H+]. The Morgan fingerprint density at radius 3 is 1.87 bits per heavy atom. The van der Waals surface area contributed by atoms with Gasteiger partial charge in [-0.25, -0.2) is 0 Å². The number of nitrogens with zero attached hydrogens (tertiary/aromatic N) is 1. The average Bonchev–Trinajstić information content (AvgIpc) is 2.56. The maximum Gasteiger partial charge on any atom is 1.00 e. The lowest BCUT2D eigenvalue weighted by molar-refractivity contribution is -0.109. The summed E-state index contributed by atoms with van der Waals surface area (Å²) in [5.74, 6) is -0.0791. The van der Waals surface area contributed by atoms with E-state index in [4.69, 9.17) is 0 Å². The van der Waals surface area contributed by atoms with E-state index in [1.165, 1.54) is 11.1 Å². The fourth-order valence-electron chi connectivity index (χ4n) is 3.03. The Balaban J connectivity index is 0.00000288. The lowest BCUT2D eigenvalue weighted by Crippen LogP contribution is -2.40. The molecular formula is C21H28NO+. The van der Waals surface area contributed by atoms with Crippen LogP contribution in [0.15, 0.2) is 54.6 Å². The lowest BCUT2D eigenvalue weighted by Gasteiger charge is -2.32. The molecule has 0 aromatic heterocycles. The molecule has 2 nitrogen and oxygen atoms in total. The molecule has 0 radical (unpaired) electrons. The average molecular weight is 310 g/mol. The molecule has 2 aromatic rings. The number of aldehydes is 1. The van der Waals surface area contributed by atoms with Gasteiger partial charge in [0.05, 0.1) is 5.92 Å². The van der Waals surface area contributed by atoms with E-state index in [0.717, 1.165) is 18.4 Å². The zero-order chi connectivity index (χ0) is 16.8. The van der Waals surface area contributed by atoms with Gasteiger partial charge in [0, 0.05) is 18.6 Å². The molecule has 0 saturated carbocycles. The summed E-state index contributed by atoms with van der Waals surface area (Å²) in [6, 6.07) is 19.6. The highest BCUT2D eigenvalue weighted by Gasteiger charge is 2.20. The zero-order valence-corrected chi connectivity index (χ0v) is 14.6. The summed E-state index contributed by atoms with van der Waals surface area (Å²) in [4.78, 5) is 14.0. The van der Waals surface area contributed by atoms with Crippen molar-refractivity contribution >= 4 is 6.29 Å². The molecular weight excluding hydrogens is 282 g/mol.